The van der Waals surface area contributed by atoms with Crippen molar-refractivity contribution in [3.05, 3.63) is 80.2 Å². The zero-order chi connectivity index (χ0) is 21.8. The molecule has 3 aromatic rings. The third kappa shape index (κ3) is 4.57. The van der Waals surface area contributed by atoms with Gasteiger partial charge in [-0.15, -0.1) is 0 Å². The fourth-order valence-corrected chi connectivity index (χ4v) is 3.61. The number of hydrogen-bond acceptors (Lipinski definition) is 3. The molecule has 2 aromatic carbocycles. The molecular formula is C24H22IN3O2. The van der Waals surface area contributed by atoms with Crippen LogP contribution >= 0.6 is 22.6 Å². The normalized spacial score (nSPS) is 11.1. The van der Waals surface area contributed by atoms with E-state index in [1.165, 1.54) is 9.13 Å². The molecule has 0 aliphatic rings. The molecule has 0 atom stereocenters. The van der Waals surface area contributed by atoms with Gasteiger partial charge in [0.1, 0.15) is 17.4 Å². The van der Waals surface area contributed by atoms with Crippen molar-refractivity contribution in [3.63, 3.8) is 0 Å². The van der Waals surface area contributed by atoms with E-state index in [-0.39, 0.29) is 5.57 Å². The minimum absolute atomic E-state index is 0.0462. The zero-order valence-corrected chi connectivity index (χ0v) is 19.4. The number of amides is 1. The van der Waals surface area contributed by atoms with E-state index < -0.39 is 5.91 Å². The van der Waals surface area contributed by atoms with Crippen LogP contribution in [0.2, 0.25) is 0 Å². The Kier molecular flexibility index (Phi) is 6.63. The summed E-state index contributed by atoms with van der Waals surface area (Å²) in [7, 11) is 1.58. The Labute approximate surface area is 190 Å². The van der Waals surface area contributed by atoms with E-state index in [0.29, 0.717) is 11.4 Å². The molecule has 0 saturated carbocycles. The molecule has 152 valence electrons. The number of methoxy groups -OCH3 is 1. The lowest BCUT2D eigenvalue weighted by molar-refractivity contribution is -0.112. The second-order valence-electron chi connectivity index (χ2n) is 6.95. The van der Waals surface area contributed by atoms with Crippen LogP contribution in [0.25, 0.3) is 11.8 Å². The number of nitrogens with zero attached hydrogens (tertiary/aromatic N) is 2. The van der Waals surface area contributed by atoms with Crippen molar-refractivity contribution in [3.8, 4) is 17.5 Å². The number of aromatic nitrogens is 1. The van der Waals surface area contributed by atoms with Crippen LogP contribution in [0.3, 0.4) is 0 Å². The van der Waals surface area contributed by atoms with E-state index >= 15 is 0 Å². The Morgan fingerprint density at radius 1 is 1.13 bits per heavy atom. The maximum absolute atomic E-state index is 12.6. The minimum Gasteiger partial charge on any atom is -0.497 e. The molecule has 0 aliphatic heterocycles. The molecule has 0 radical (unpaired) electrons. The molecule has 0 bridgehead atoms. The summed E-state index contributed by atoms with van der Waals surface area (Å²) in [6.45, 7) is 6.08. The monoisotopic (exact) mass is 511 g/mol. The lowest BCUT2D eigenvalue weighted by Gasteiger charge is -2.11. The third-order valence-corrected chi connectivity index (χ3v) is 6.09. The highest BCUT2D eigenvalue weighted by Gasteiger charge is 2.14. The van der Waals surface area contributed by atoms with Crippen molar-refractivity contribution in [1.29, 1.82) is 5.26 Å². The molecule has 1 heterocycles. The summed E-state index contributed by atoms with van der Waals surface area (Å²) in [5, 5.41) is 12.3. The number of carbonyl (C=O) groups is 1. The highest BCUT2D eigenvalue weighted by molar-refractivity contribution is 14.1. The second-order valence-corrected chi connectivity index (χ2v) is 8.11. The van der Waals surface area contributed by atoms with Gasteiger partial charge in [0, 0.05) is 26.3 Å². The molecule has 3 rings (SSSR count). The number of nitrogens with one attached hydrogen (secondary N) is 1. The van der Waals surface area contributed by atoms with Gasteiger partial charge in [0.25, 0.3) is 5.91 Å². The second kappa shape index (κ2) is 9.18. The predicted octanol–water partition coefficient (Wildman–Crippen LogP) is 5.56. The van der Waals surface area contributed by atoms with Gasteiger partial charge in [-0.3, -0.25) is 4.79 Å². The number of anilines is 1. The summed E-state index contributed by atoms with van der Waals surface area (Å²) in [5.41, 5.74) is 5.75. The van der Waals surface area contributed by atoms with Gasteiger partial charge in [-0.1, -0.05) is 0 Å². The first kappa shape index (κ1) is 21.7. The Morgan fingerprint density at radius 3 is 2.43 bits per heavy atom. The zero-order valence-electron chi connectivity index (χ0n) is 17.3. The Balaban J connectivity index is 1.91. The van der Waals surface area contributed by atoms with Crippen LogP contribution < -0.4 is 10.1 Å². The highest BCUT2D eigenvalue weighted by atomic mass is 127. The van der Waals surface area contributed by atoms with Crippen molar-refractivity contribution >= 4 is 40.3 Å². The number of carbonyl (C=O) groups excluding carboxylic acids is 1. The standard InChI is InChI=1S/C24H22IN3O2/c1-15-11-21(7-10-23(15)25)28-16(2)12-18(17(28)3)13-19(14-26)24(29)27-20-5-8-22(30-4)9-6-20/h5-13H,1-4H3,(H,27,29)/b19-13+. The van der Waals surface area contributed by atoms with Gasteiger partial charge >= 0.3 is 0 Å². The lowest BCUT2D eigenvalue weighted by atomic mass is 10.1. The Bertz CT molecular complexity index is 1170. The van der Waals surface area contributed by atoms with Crippen molar-refractivity contribution in [2.75, 3.05) is 12.4 Å². The topological polar surface area (TPSA) is 67.0 Å². The Morgan fingerprint density at radius 2 is 1.83 bits per heavy atom. The van der Waals surface area contributed by atoms with Crippen LogP contribution in [0, 0.1) is 35.7 Å². The first-order valence-electron chi connectivity index (χ1n) is 9.36. The average molecular weight is 511 g/mol. The van der Waals surface area contributed by atoms with Gasteiger partial charge in [0.05, 0.1) is 7.11 Å². The SMILES string of the molecule is COc1ccc(NC(=O)/C(C#N)=C/c2cc(C)n(-c3ccc(I)c(C)c3)c2C)cc1. The summed E-state index contributed by atoms with van der Waals surface area (Å²) >= 11 is 2.32. The van der Waals surface area contributed by atoms with Gasteiger partial charge in [-0.2, -0.15) is 5.26 Å². The largest absolute Gasteiger partial charge is 0.497 e. The number of nitriles is 1. The molecule has 1 N–H and O–H groups in total. The number of ether oxygens (including phenoxy) is 1. The van der Waals surface area contributed by atoms with Gasteiger partial charge in [0.2, 0.25) is 0 Å². The number of benzene rings is 2. The van der Waals surface area contributed by atoms with Crippen molar-refractivity contribution in [1.82, 2.24) is 4.57 Å². The molecule has 0 saturated heterocycles. The quantitative estimate of drug-likeness (QED) is 0.277. The predicted molar refractivity (Wildman–Crippen MR) is 128 cm³/mol. The maximum atomic E-state index is 12.6. The van der Waals surface area contributed by atoms with E-state index in [1.807, 2.05) is 26.0 Å². The van der Waals surface area contributed by atoms with Crippen molar-refractivity contribution in [2.24, 2.45) is 0 Å². The molecular weight excluding hydrogens is 489 g/mol. The molecule has 1 amide bonds. The molecule has 5 nitrogen and oxygen atoms in total. The van der Waals surface area contributed by atoms with E-state index in [9.17, 15) is 10.1 Å². The fraction of sp³-hybridized carbons (Fsp3) is 0.167. The van der Waals surface area contributed by atoms with E-state index in [0.717, 1.165) is 22.6 Å². The molecule has 0 fully saturated rings. The fourth-order valence-electron chi connectivity index (χ4n) is 3.28. The number of rotatable bonds is 5. The summed E-state index contributed by atoms with van der Waals surface area (Å²) in [5.74, 6) is 0.250. The van der Waals surface area contributed by atoms with E-state index in [4.69, 9.17) is 4.74 Å². The minimum atomic E-state index is -0.447. The van der Waals surface area contributed by atoms with Crippen LogP contribution in [-0.4, -0.2) is 17.6 Å². The van der Waals surface area contributed by atoms with Crippen LogP contribution in [0.15, 0.2) is 54.1 Å². The summed E-state index contributed by atoms with van der Waals surface area (Å²) in [4.78, 5) is 12.6. The van der Waals surface area contributed by atoms with Crippen molar-refractivity contribution < 1.29 is 9.53 Å². The van der Waals surface area contributed by atoms with Crippen LogP contribution in [0.4, 0.5) is 5.69 Å². The lowest BCUT2D eigenvalue weighted by Crippen LogP contribution is -2.13. The molecule has 6 heteroatoms. The first-order valence-corrected chi connectivity index (χ1v) is 10.4. The third-order valence-electron chi connectivity index (χ3n) is 4.88. The first-order chi connectivity index (χ1) is 14.3. The summed E-state index contributed by atoms with van der Waals surface area (Å²) in [6, 6.07) is 17.3. The van der Waals surface area contributed by atoms with Gasteiger partial charge < -0.3 is 14.6 Å². The van der Waals surface area contributed by atoms with E-state index in [2.05, 4.69) is 57.6 Å². The molecule has 0 spiro atoms. The van der Waals surface area contributed by atoms with Crippen LogP contribution in [0.1, 0.15) is 22.5 Å². The summed E-state index contributed by atoms with van der Waals surface area (Å²) in [6.07, 6.45) is 1.64. The smallest absolute Gasteiger partial charge is 0.266 e. The molecule has 30 heavy (non-hydrogen) atoms. The highest BCUT2D eigenvalue weighted by Crippen LogP contribution is 2.25. The maximum Gasteiger partial charge on any atom is 0.266 e. The number of hydrogen-bond donors (Lipinski definition) is 1. The van der Waals surface area contributed by atoms with Gasteiger partial charge in [-0.25, -0.2) is 0 Å². The molecule has 0 aliphatic carbocycles. The number of aryl methyl sites for hydroxylation is 2. The van der Waals surface area contributed by atoms with Gasteiger partial charge in [-0.05, 0) is 109 Å². The van der Waals surface area contributed by atoms with E-state index in [1.54, 1.807) is 37.5 Å². The molecule has 0 unspecified atom stereocenters. The van der Waals surface area contributed by atoms with Crippen LogP contribution in [-0.2, 0) is 4.79 Å². The summed E-state index contributed by atoms with van der Waals surface area (Å²) < 4.78 is 8.46. The number of halogens is 1. The Hall–Kier alpha value is -3.05. The average Bonchev–Trinajstić information content (AvgIpc) is 3.01. The van der Waals surface area contributed by atoms with Gasteiger partial charge in [0.15, 0.2) is 0 Å². The molecule has 1 aromatic heterocycles. The van der Waals surface area contributed by atoms with Crippen LogP contribution in [0.5, 0.6) is 5.75 Å². The van der Waals surface area contributed by atoms with Crippen molar-refractivity contribution in [2.45, 2.75) is 20.8 Å².